The highest BCUT2D eigenvalue weighted by atomic mass is 16.1. The minimum Gasteiger partial charge on any atom is -0.373 e. The van der Waals surface area contributed by atoms with Gasteiger partial charge in [-0.25, -0.2) is 4.98 Å². The summed E-state index contributed by atoms with van der Waals surface area (Å²) in [6, 6.07) is 10.1. The zero-order valence-electron chi connectivity index (χ0n) is 12.5. The Bertz CT molecular complexity index is 668. The molecule has 1 fully saturated rings. The second-order valence-corrected chi connectivity index (χ2v) is 5.82. The van der Waals surface area contributed by atoms with E-state index in [0.29, 0.717) is 11.6 Å². The summed E-state index contributed by atoms with van der Waals surface area (Å²) >= 11 is 0. The molecule has 1 saturated carbocycles. The molecule has 1 aliphatic carbocycles. The van der Waals surface area contributed by atoms with Crippen LogP contribution in [0.25, 0.3) is 10.8 Å². The monoisotopic (exact) mass is 283 g/mol. The van der Waals surface area contributed by atoms with Crippen molar-refractivity contribution in [1.82, 2.24) is 10.3 Å². The second kappa shape index (κ2) is 5.72. The van der Waals surface area contributed by atoms with Crippen LogP contribution in [0, 0.1) is 5.92 Å². The van der Waals surface area contributed by atoms with Crippen LogP contribution in [-0.4, -0.2) is 24.0 Å². The SMILES string of the molecule is CNc1nc(C(=O)NC2CCCC2C)cc2ccccc12. The van der Waals surface area contributed by atoms with Crippen molar-refractivity contribution in [3.05, 3.63) is 36.0 Å². The molecule has 1 amide bonds. The fourth-order valence-electron chi connectivity index (χ4n) is 3.11. The molecule has 4 nitrogen and oxygen atoms in total. The summed E-state index contributed by atoms with van der Waals surface area (Å²) in [4.78, 5) is 16.9. The summed E-state index contributed by atoms with van der Waals surface area (Å²) in [6.07, 6.45) is 3.45. The molecule has 2 atom stereocenters. The molecule has 0 aliphatic heterocycles. The highest BCUT2D eigenvalue weighted by Crippen LogP contribution is 2.26. The van der Waals surface area contributed by atoms with Gasteiger partial charge in [-0.1, -0.05) is 37.6 Å². The summed E-state index contributed by atoms with van der Waals surface area (Å²) in [5, 5.41) is 8.27. The third-order valence-corrected chi connectivity index (χ3v) is 4.39. The molecule has 1 heterocycles. The van der Waals surface area contributed by atoms with E-state index in [4.69, 9.17) is 0 Å². The number of carbonyl (C=O) groups is 1. The number of nitrogens with one attached hydrogen (secondary N) is 2. The zero-order chi connectivity index (χ0) is 14.8. The first-order chi connectivity index (χ1) is 10.2. The maximum atomic E-state index is 12.5. The molecule has 2 unspecified atom stereocenters. The second-order valence-electron chi connectivity index (χ2n) is 5.82. The molecule has 0 spiro atoms. The van der Waals surface area contributed by atoms with Gasteiger partial charge in [0.25, 0.3) is 5.91 Å². The molecule has 4 heteroatoms. The van der Waals surface area contributed by atoms with Gasteiger partial charge in [-0.3, -0.25) is 4.79 Å². The predicted octanol–water partition coefficient (Wildman–Crippen LogP) is 3.19. The van der Waals surface area contributed by atoms with Crippen LogP contribution in [0.2, 0.25) is 0 Å². The molecule has 1 aromatic heterocycles. The standard InChI is InChI=1S/C17H21N3O/c1-11-6-5-9-14(11)20-17(21)15-10-12-7-3-4-8-13(12)16(18-2)19-15/h3-4,7-8,10-11,14H,5-6,9H2,1-2H3,(H,18,19)(H,20,21). The highest BCUT2D eigenvalue weighted by molar-refractivity contribution is 6.00. The van der Waals surface area contributed by atoms with Gasteiger partial charge in [0.05, 0.1) is 0 Å². The Morgan fingerprint density at radius 1 is 1.29 bits per heavy atom. The molecule has 0 bridgehead atoms. The Balaban J connectivity index is 1.91. The van der Waals surface area contributed by atoms with Crippen molar-refractivity contribution in [3.63, 3.8) is 0 Å². The number of hydrogen-bond donors (Lipinski definition) is 2. The third-order valence-electron chi connectivity index (χ3n) is 4.39. The van der Waals surface area contributed by atoms with Gasteiger partial charge < -0.3 is 10.6 Å². The molecule has 0 radical (unpaired) electrons. The number of pyridine rings is 1. The summed E-state index contributed by atoms with van der Waals surface area (Å²) in [5.41, 5.74) is 0.483. The topological polar surface area (TPSA) is 54.0 Å². The molecule has 2 N–H and O–H groups in total. The fourth-order valence-corrected chi connectivity index (χ4v) is 3.11. The van der Waals surface area contributed by atoms with Crippen molar-refractivity contribution in [1.29, 1.82) is 0 Å². The van der Waals surface area contributed by atoms with E-state index in [1.165, 1.54) is 12.8 Å². The lowest BCUT2D eigenvalue weighted by Gasteiger charge is -2.17. The predicted molar refractivity (Wildman–Crippen MR) is 85.6 cm³/mol. The zero-order valence-corrected chi connectivity index (χ0v) is 12.5. The number of rotatable bonds is 3. The van der Waals surface area contributed by atoms with Crippen LogP contribution >= 0.6 is 0 Å². The third kappa shape index (κ3) is 2.71. The van der Waals surface area contributed by atoms with Crippen LogP contribution in [0.1, 0.15) is 36.7 Å². The maximum Gasteiger partial charge on any atom is 0.270 e. The highest BCUT2D eigenvalue weighted by Gasteiger charge is 2.25. The minimum atomic E-state index is -0.0731. The van der Waals surface area contributed by atoms with E-state index in [9.17, 15) is 4.79 Å². The number of fused-ring (bicyclic) bond motifs is 1. The molecular formula is C17H21N3O. The van der Waals surface area contributed by atoms with Gasteiger partial charge in [0.2, 0.25) is 0 Å². The first kappa shape index (κ1) is 13.9. The van der Waals surface area contributed by atoms with E-state index in [1.807, 2.05) is 37.4 Å². The number of nitrogens with zero attached hydrogens (tertiary/aromatic N) is 1. The van der Waals surface area contributed by atoms with Crippen LogP contribution in [0.3, 0.4) is 0 Å². The number of carbonyl (C=O) groups excluding carboxylic acids is 1. The molecule has 2 aromatic rings. The van der Waals surface area contributed by atoms with E-state index in [1.54, 1.807) is 0 Å². The average Bonchev–Trinajstić information content (AvgIpc) is 2.91. The number of aromatic nitrogens is 1. The van der Waals surface area contributed by atoms with Crippen molar-refractivity contribution in [2.24, 2.45) is 5.92 Å². The summed E-state index contributed by atoms with van der Waals surface area (Å²) in [6.45, 7) is 2.20. The lowest BCUT2D eigenvalue weighted by atomic mass is 10.1. The van der Waals surface area contributed by atoms with Gasteiger partial charge in [-0.2, -0.15) is 0 Å². The lowest BCUT2D eigenvalue weighted by Crippen LogP contribution is -2.36. The van der Waals surface area contributed by atoms with Gasteiger partial charge in [-0.15, -0.1) is 0 Å². The van der Waals surface area contributed by atoms with Gasteiger partial charge in [0.1, 0.15) is 11.5 Å². The summed E-state index contributed by atoms with van der Waals surface area (Å²) in [7, 11) is 1.83. The van der Waals surface area contributed by atoms with E-state index >= 15 is 0 Å². The molecular weight excluding hydrogens is 262 g/mol. The molecule has 3 rings (SSSR count). The Kier molecular flexibility index (Phi) is 3.78. The van der Waals surface area contributed by atoms with Crippen molar-refractivity contribution in [2.45, 2.75) is 32.2 Å². The number of amides is 1. The first-order valence-electron chi connectivity index (χ1n) is 7.57. The lowest BCUT2D eigenvalue weighted by molar-refractivity contribution is 0.0925. The number of hydrogen-bond acceptors (Lipinski definition) is 3. The number of benzene rings is 1. The van der Waals surface area contributed by atoms with Gasteiger partial charge in [0, 0.05) is 18.5 Å². The Morgan fingerprint density at radius 3 is 2.81 bits per heavy atom. The van der Waals surface area contributed by atoms with Gasteiger partial charge >= 0.3 is 0 Å². The Labute approximate surface area is 125 Å². The Morgan fingerprint density at radius 2 is 2.10 bits per heavy atom. The summed E-state index contributed by atoms with van der Waals surface area (Å²) < 4.78 is 0. The molecule has 110 valence electrons. The Hall–Kier alpha value is -2.10. The van der Waals surface area contributed by atoms with Crippen molar-refractivity contribution < 1.29 is 4.79 Å². The molecule has 21 heavy (non-hydrogen) atoms. The van der Waals surface area contributed by atoms with E-state index in [-0.39, 0.29) is 11.9 Å². The smallest absolute Gasteiger partial charge is 0.270 e. The largest absolute Gasteiger partial charge is 0.373 e. The van der Waals surface area contributed by atoms with Crippen molar-refractivity contribution >= 4 is 22.5 Å². The summed E-state index contributed by atoms with van der Waals surface area (Å²) in [5.74, 6) is 1.23. The van der Waals surface area contributed by atoms with E-state index in [0.717, 1.165) is 23.0 Å². The van der Waals surface area contributed by atoms with Crippen molar-refractivity contribution in [2.75, 3.05) is 12.4 Å². The van der Waals surface area contributed by atoms with Crippen LogP contribution in [0.4, 0.5) is 5.82 Å². The maximum absolute atomic E-state index is 12.5. The average molecular weight is 283 g/mol. The van der Waals surface area contributed by atoms with Crippen LogP contribution < -0.4 is 10.6 Å². The minimum absolute atomic E-state index is 0.0731. The van der Waals surface area contributed by atoms with Gasteiger partial charge in [-0.05, 0) is 30.2 Å². The quantitative estimate of drug-likeness (QED) is 0.909. The fraction of sp³-hybridized carbons (Fsp3) is 0.412. The normalized spacial score (nSPS) is 21.4. The van der Waals surface area contributed by atoms with Crippen LogP contribution in [0.5, 0.6) is 0 Å². The van der Waals surface area contributed by atoms with Crippen LogP contribution in [0.15, 0.2) is 30.3 Å². The molecule has 1 aliphatic rings. The first-order valence-corrected chi connectivity index (χ1v) is 7.57. The van der Waals surface area contributed by atoms with Crippen LogP contribution in [-0.2, 0) is 0 Å². The van der Waals surface area contributed by atoms with E-state index < -0.39 is 0 Å². The molecule has 1 aromatic carbocycles. The van der Waals surface area contributed by atoms with Gasteiger partial charge in [0.15, 0.2) is 0 Å². The molecule has 0 saturated heterocycles. The van der Waals surface area contributed by atoms with Crippen molar-refractivity contribution in [3.8, 4) is 0 Å². The number of anilines is 1. The van der Waals surface area contributed by atoms with E-state index in [2.05, 4.69) is 22.5 Å².